The average Bonchev–Trinajstić information content (AvgIpc) is 2.26. The van der Waals surface area contributed by atoms with Gasteiger partial charge in [0.25, 0.3) is 0 Å². The first-order valence-corrected chi connectivity index (χ1v) is 5.19. The molecule has 0 aromatic heterocycles. The zero-order valence-electron chi connectivity index (χ0n) is 9.46. The first-order valence-electron chi connectivity index (χ1n) is 5.19. The van der Waals surface area contributed by atoms with Gasteiger partial charge in [-0.1, -0.05) is 12.1 Å². The third-order valence-electron chi connectivity index (χ3n) is 2.52. The molecule has 0 bridgehead atoms. The van der Waals surface area contributed by atoms with E-state index in [0.29, 0.717) is 12.1 Å². The maximum Gasteiger partial charge on any atom is 0.416 e. The number of nitrogens with two attached hydrogens (primary N) is 1. The minimum Gasteiger partial charge on any atom is -0.388 e. The Balaban J connectivity index is 2.76. The summed E-state index contributed by atoms with van der Waals surface area (Å²) in [5.41, 5.74) is 3.83. The zero-order chi connectivity index (χ0) is 14.8. The lowest BCUT2D eigenvalue weighted by atomic mass is 10.0. The number of alkyl halides is 6. The molecule has 1 rings (SSSR count). The Morgan fingerprint density at radius 2 is 1.47 bits per heavy atom. The van der Waals surface area contributed by atoms with E-state index in [0.717, 1.165) is 12.1 Å². The Kier molecular flexibility index (Phi) is 4.46. The van der Waals surface area contributed by atoms with Crippen molar-refractivity contribution in [3.8, 4) is 0 Å². The van der Waals surface area contributed by atoms with E-state index >= 15 is 0 Å². The Labute approximate surface area is 104 Å². The molecule has 2 nitrogen and oxygen atoms in total. The highest BCUT2D eigenvalue weighted by Crippen LogP contribution is 2.31. The summed E-state index contributed by atoms with van der Waals surface area (Å²) in [5, 5.41) is 9.49. The molecule has 0 spiro atoms. The van der Waals surface area contributed by atoms with Crippen molar-refractivity contribution in [2.75, 3.05) is 0 Å². The summed E-state index contributed by atoms with van der Waals surface area (Å²) < 4.78 is 73.2. The Bertz CT molecular complexity index is 411. The smallest absolute Gasteiger partial charge is 0.388 e. The molecule has 2 atom stereocenters. The van der Waals surface area contributed by atoms with Gasteiger partial charge in [-0.15, -0.1) is 0 Å². The SMILES string of the molecule is N[C@H](C[C@@H](O)c1ccc(C(F)(F)F)cc1)C(F)(F)F. The average molecular weight is 287 g/mol. The highest BCUT2D eigenvalue weighted by molar-refractivity contribution is 5.26. The van der Waals surface area contributed by atoms with Gasteiger partial charge in [-0.05, 0) is 17.7 Å². The summed E-state index contributed by atoms with van der Waals surface area (Å²) in [6, 6.07) is 1.01. The molecule has 0 unspecified atom stereocenters. The molecule has 19 heavy (non-hydrogen) atoms. The molecule has 0 fully saturated rings. The van der Waals surface area contributed by atoms with Gasteiger partial charge in [0.2, 0.25) is 0 Å². The maximum atomic E-state index is 12.3. The number of hydrogen-bond donors (Lipinski definition) is 2. The van der Waals surface area contributed by atoms with Gasteiger partial charge in [0.15, 0.2) is 0 Å². The van der Waals surface area contributed by atoms with Crippen LogP contribution in [0.15, 0.2) is 24.3 Å². The Hall–Kier alpha value is -1.28. The van der Waals surface area contributed by atoms with Gasteiger partial charge >= 0.3 is 12.4 Å². The van der Waals surface area contributed by atoms with Crippen LogP contribution in [-0.2, 0) is 6.18 Å². The monoisotopic (exact) mass is 287 g/mol. The fourth-order valence-electron chi connectivity index (χ4n) is 1.40. The van der Waals surface area contributed by atoms with Gasteiger partial charge in [0, 0.05) is 6.42 Å². The van der Waals surface area contributed by atoms with Crippen molar-refractivity contribution in [3.63, 3.8) is 0 Å². The van der Waals surface area contributed by atoms with Crippen LogP contribution in [0.25, 0.3) is 0 Å². The molecule has 0 heterocycles. The summed E-state index contributed by atoms with van der Waals surface area (Å²) >= 11 is 0. The second-order valence-corrected chi connectivity index (χ2v) is 4.02. The number of aliphatic hydroxyl groups is 1. The molecule has 0 radical (unpaired) electrons. The molecular formula is C11H11F6NO. The summed E-state index contributed by atoms with van der Waals surface area (Å²) in [7, 11) is 0. The van der Waals surface area contributed by atoms with Crippen LogP contribution in [0.1, 0.15) is 23.7 Å². The molecule has 0 amide bonds. The van der Waals surface area contributed by atoms with E-state index in [1.165, 1.54) is 0 Å². The van der Waals surface area contributed by atoms with Crippen molar-refractivity contribution in [2.24, 2.45) is 5.73 Å². The van der Waals surface area contributed by atoms with Crippen molar-refractivity contribution >= 4 is 0 Å². The molecular weight excluding hydrogens is 276 g/mol. The van der Waals surface area contributed by atoms with E-state index in [4.69, 9.17) is 5.73 Å². The molecule has 0 aliphatic rings. The molecule has 108 valence electrons. The van der Waals surface area contributed by atoms with Gasteiger partial charge in [-0.3, -0.25) is 0 Å². The van der Waals surface area contributed by atoms with E-state index in [-0.39, 0.29) is 5.56 Å². The van der Waals surface area contributed by atoms with Crippen molar-refractivity contribution in [3.05, 3.63) is 35.4 Å². The lowest BCUT2D eigenvalue weighted by Gasteiger charge is -2.19. The fraction of sp³-hybridized carbons (Fsp3) is 0.455. The lowest BCUT2D eigenvalue weighted by molar-refractivity contribution is -0.153. The summed E-state index contributed by atoms with van der Waals surface area (Å²) in [5.74, 6) is 0. The lowest BCUT2D eigenvalue weighted by Crippen LogP contribution is -2.38. The largest absolute Gasteiger partial charge is 0.416 e. The van der Waals surface area contributed by atoms with Gasteiger partial charge in [0.05, 0.1) is 11.7 Å². The van der Waals surface area contributed by atoms with Crippen LogP contribution in [-0.4, -0.2) is 17.3 Å². The number of rotatable bonds is 3. The van der Waals surface area contributed by atoms with Crippen molar-refractivity contribution < 1.29 is 31.4 Å². The number of halogens is 6. The highest BCUT2D eigenvalue weighted by atomic mass is 19.4. The first kappa shape index (κ1) is 15.8. The van der Waals surface area contributed by atoms with Crippen LogP contribution in [0.4, 0.5) is 26.3 Å². The highest BCUT2D eigenvalue weighted by Gasteiger charge is 2.38. The van der Waals surface area contributed by atoms with Crippen LogP contribution < -0.4 is 5.73 Å². The van der Waals surface area contributed by atoms with Crippen molar-refractivity contribution in [2.45, 2.75) is 30.9 Å². The molecule has 3 N–H and O–H groups in total. The second kappa shape index (κ2) is 5.38. The molecule has 1 aromatic rings. The predicted molar refractivity (Wildman–Crippen MR) is 55.1 cm³/mol. The number of aliphatic hydroxyl groups excluding tert-OH is 1. The van der Waals surface area contributed by atoms with Gasteiger partial charge in [-0.25, -0.2) is 0 Å². The molecule has 0 saturated carbocycles. The van der Waals surface area contributed by atoms with Crippen LogP contribution >= 0.6 is 0 Å². The molecule has 0 saturated heterocycles. The van der Waals surface area contributed by atoms with Crippen LogP contribution in [0.3, 0.4) is 0 Å². The van der Waals surface area contributed by atoms with E-state index in [2.05, 4.69) is 0 Å². The third kappa shape index (κ3) is 4.39. The topological polar surface area (TPSA) is 46.2 Å². The van der Waals surface area contributed by atoms with E-state index in [9.17, 15) is 31.4 Å². The quantitative estimate of drug-likeness (QED) is 0.839. The normalized spacial score (nSPS) is 16.2. The predicted octanol–water partition coefficient (Wildman–Crippen LogP) is 3.02. The van der Waals surface area contributed by atoms with Crippen molar-refractivity contribution in [1.29, 1.82) is 0 Å². The minimum absolute atomic E-state index is 0.0484. The van der Waals surface area contributed by atoms with Gasteiger partial charge < -0.3 is 10.8 Å². The number of benzene rings is 1. The fourth-order valence-corrected chi connectivity index (χ4v) is 1.40. The van der Waals surface area contributed by atoms with Crippen LogP contribution in [0.2, 0.25) is 0 Å². The summed E-state index contributed by atoms with van der Waals surface area (Å²) in [6.07, 6.45) is -11.6. The van der Waals surface area contributed by atoms with Crippen LogP contribution in [0, 0.1) is 0 Å². The Morgan fingerprint density at radius 3 is 1.84 bits per heavy atom. The van der Waals surface area contributed by atoms with Gasteiger partial charge in [0.1, 0.15) is 6.04 Å². The van der Waals surface area contributed by atoms with Crippen LogP contribution in [0.5, 0.6) is 0 Å². The molecule has 8 heteroatoms. The molecule has 1 aromatic carbocycles. The number of hydrogen-bond acceptors (Lipinski definition) is 2. The summed E-state index contributed by atoms with van der Waals surface area (Å²) in [4.78, 5) is 0. The summed E-state index contributed by atoms with van der Waals surface area (Å²) in [6.45, 7) is 0. The second-order valence-electron chi connectivity index (χ2n) is 4.02. The van der Waals surface area contributed by atoms with E-state index in [1.807, 2.05) is 0 Å². The standard InChI is InChI=1S/C11H11F6NO/c12-10(13,14)7-3-1-6(2-4-7)8(19)5-9(18)11(15,16)17/h1-4,8-9,19H,5,18H2/t8-,9-/m1/s1. The first-order chi connectivity index (χ1) is 8.51. The Morgan fingerprint density at radius 1 is 1.00 bits per heavy atom. The van der Waals surface area contributed by atoms with Gasteiger partial charge in [-0.2, -0.15) is 26.3 Å². The zero-order valence-corrected chi connectivity index (χ0v) is 9.46. The van der Waals surface area contributed by atoms with E-state index in [1.54, 1.807) is 0 Å². The third-order valence-corrected chi connectivity index (χ3v) is 2.52. The molecule has 0 aliphatic heterocycles. The maximum absolute atomic E-state index is 12.3. The van der Waals surface area contributed by atoms with E-state index < -0.39 is 36.5 Å². The van der Waals surface area contributed by atoms with Crippen molar-refractivity contribution in [1.82, 2.24) is 0 Å². The molecule has 0 aliphatic carbocycles. The minimum atomic E-state index is -4.66.